The molecule has 0 aliphatic carbocycles. The van der Waals surface area contributed by atoms with Crippen molar-refractivity contribution < 1.29 is 14.3 Å². The Balaban J connectivity index is 2.19. The summed E-state index contributed by atoms with van der Waals surface area (Å²) in [4.78, 5) is 27.2. The summed E-state index contributed by atoms with van der Waals surface area (Å²) >= 11 is 0. The highest BCUT2D eigenvalue weighted by atomic mass is 16.5. The molecular weight excluding hydrogens is 270 g/mol. The number of anilines is 2. The summed E-state index contributed by atoms with van der Waals surface area (Å²) in [6, 6.07) is 5.36. The van der Waals surface area contributed by atoms with Crippen LogP contribution in [0.3, 0.4) is 0 Å². The molecule has 0 radical (unpaired) electrons. The molecule has 0 bridgehead atoms. The molecule has 0 saturated heterocycles. The number of nitrogens with zero attached hydrogens (tertiary/aromatic N) is 2. The van der Waals surface area contributed by atoms with Crippen LogP contribution >= 0.6 is 0 Å². The smallest absolute Gasteiger partial charge is 0.265 e. The van der Waals surface area contributed by atoms with Gasteiger partial charge in [-0.05, 0) is 26.2 Å². The quantitative estimate of drug-likeness (QED) is 0.889. The first-order chi connectivity index (χ1) is 10.0. The number of hydrogen-bond donors (Lipinski definition) is 1. The molecule has 6 heteroatoms. The van der Waals surface area contributed by atoms with Gasteiger partial charge in [0.25, 0.3) is 5.91 Å². The highest BCUT2D eigenvalue weighted by molar-refractivity contribution is 5.99. The zero-order chi connectivity index (χ0) is 15.4. The van der Waals surface area contributed by atoms with Crippen molar-refractivity contribution in [3.63, 3.8) is 0 Å². The van der Waals surface area contributed by atoms with E-state index in [9.17, 15) is 9.59 Å². The summed E-state index contributed by atoms with van der Waals surface area (Å²) in [6.45, 7) is 3.22. The van der Waals surface area contributed by atoms with Crippen LogP contribution in [-0.4, -0.2) is 50.5 Å². The van der Waals surface area contributed by atoms with E-state index in [0.29, 0.717) is 24.4 Å². The second-order valence-electron chi connectivity index (χ2n) is 5.22. The maximum atomic E-state index is 12.0. The molecule has 21 heavy (non-hydrogen) atoms. The lowest BCUT2D eigenvalue weighted by Crippen LogP contribution is -2.42. The lowest BCUT2D eigenvalue weighted by atomic mass is 10.2. The SMILES string of the molecule is CCC(=O)Nc1ccc2c(c1)OCC(=O)N2CCN(C)C. The zero-order valence-corrected chi connectivity index (χ0v) is 12.7. The predicted molar refractivity (Wildman–Crippen MR) is 81.8 cm³/mol. The number of likely N-dealkylation sites (N-methyl/N-ethyl adjacent to an activating group) is 1. The van der Waals surface area contributed by atoms with Crippen molar-refractivity contribution in [2.24, 2.45) is 0 Å². The average Bonchev–Trinajstić information content (AvgIpc) is 2.46. The molecule has 0 atom stereocenters. The summed E-state index contributed by atoms with van der Waals surface area (Å²) in [7, 11) is 3.93. The fourth-order valence-electron chi connectivity index (χ4n) is 2.08. The second kappa shape index (κ2) is 6.58. The number of carbonyl (C=O) groups is 2. The summed E-state index contributed by atoms with van der Waals surface area (Å²) < 4.78 is 5.47. The van der Waals surface area contributed by atoms with Crippen LogP contribution in [0.5, 0.6) is 5.75 Å². The number of amides is 2. The first kappa shape index (κ1) is 15.3. The van der Waals surface area contributed by atoms with Crippen LogP contribution in [0.25, 0.3) is 0 Å². The number of hydrogen-bond acceptors (Lipinski definition) is 4. The van der Waals surface area contributed by atoms with Gasteiger partial charge >= 0.3 is 0 Å². The van der Waals surface area contributed by atoms with Crippen LogP contribution < -0.4 is 15.0 Å². The predicted octanol–water partition coefficient (Wildman–Crippen LogP) is 1.32. The van der Waals surface area contributed by atoms with Gasteiger partial charge in [-0.25, -0.2) is 0 Å². The third-order valence-electron chi connectivity index (χ3n) is 3.28. The van der Waals surface area contributed by atoms with E-state index in [1.54, 1.807) is 24.0 Å². The fraction of sp³-hybridized carbons (Fsp3) is 0.467. The molecule has 114 valence electrons. The Bertz CT molecular complexity index is 543. The highest BCUT2D eigenvalue weighted by Gasteiger charge is 2.25. The van der Waals surface area contributed by atoms with E-state index in [2.05, 4.69) is 5.32 Å². The van der Waals surface area contributed by atoms with E-state index < -0.39 is 0 Å². The second-order valence-corrected chi connectivity index (χ2v) is 5.22. The molecule has 0 spiro atoms. The van der Waals surface area contributed by atoms with E-state index in [1.165, 1.54) is 0 Å². The van der Waals surface area contributed by atoms with Gasteiger partial charge < -0.3 is 19.9 Å². The maximum Gasteiger partial charge on any atom is 0.265 e. The van der Waals surface area contributed by atoms with Gasteiger partial charge in [-0.15, -0.1) is 0 Å². The van der Waals surface area contributed by atoms with E-state index in [0.717, 1.165) is 12.2 Å². The number of fused-ring (bicyclic) bond motifs is 1. The molecule has 0 fully saturated rings. The molecule has 0 saturated carbocycles. The van der Waals surface area contributed by atoms with Crippen LogP contribution in [0.4, 0.5) is 11.4 Å². The molecule has 0 aromatic heterocycles. The van der Waals surface area contributed by atoms with Gasteiger partial charge in [0.2, 0.25) is 5.91 Å². The fourth-order valence-corrected chi connectivity index (χ4v) is 2.08. The standard InChI is InChI=1S/C15H21N3O3/c1-4-14(19)16-11-5-6-12-13(9-11)21-10-15(20)18(12)8-7-17(2)3/h5-6,9H,4,7-8,10H2,1-3H3,(H,16,19). The molecule has 1 aliphatic heterocycles. The highest BCUT2D eigenvalue weighted by Crippen LogP contribution is 2.34. The summed E-state index contributed by atoms with van der Waals surface area (Å²) in [5, 5.41) is 2.79. The molecule has 1 aliphatic rings. The van der Waals surface area contributed by atoms with Crippen molar-refractivity contribution in [2.45, 2.75) is 13.3 Å². The van der Waals surface area contributed by atoms with E-state index >= 15 is 0 Å². The minimum atomic E-state index is -0.0497. The normalized spacial score (nSPS) is 13.9. The van der Waals surface area contributed by atoms with Gasteiger partial charge in [0, 0.05) is 31.3 Å². The van der Waals surface area contributed by atoms with Crippen molar-refractivity contribution in [1.82, 2.24) is 4.90 Å². The van der Waals surface area contributed by atoms with Crippen molar-refractivity contribution in [1.29, 1.82) is 0 Å². The minimum absolute atomic E-state index is 0.0333. The minimum Gasteiger partial charge on any atom is -0.481 e. The van der Waals surface area contributed by atoms with Crippen LogP contribution in [0.15, 0.2) is 18.2 Å². The van der Waals surface area contributed by atoms with Gasteiger partial charge in [0.15, 0.2) is 6.61 Å². The Kier molecular flexibility index (Phi) is 4.80. The Morgan fingerprint density at radius 3 is 2.86 bits per heavy atom. The van der Waals surface area contributed by atoms with Crippen LogP contribution in [0.2, 0.25) is 0 Å². The lowest BCUT2D eigenvalue weighted by molar-refractivity contribution is -0.121. The Labute approximate surface area is 124 Å². The molecule has 1 aromatic carbocycles. The van der Waals surface area contributed by atoms with Crippen LogP contribution in [0, 0.1) is 0 Å². The van der Waals surface area contributed by atoms with Gasteiger partial charge in [-0.3, -0.25) is 9.59 Å². The van der Waals surface area contributed by atoms with Crippen molar-refractivity contribution in [3.05, 3.63) is 18.2 Å². The van der Waals surface area contributed by atoms with E-state index in [4.69, 9.17) is 4.74 Å². The lowest BCUT2D eigenvalue weighted by Gasteiger charge is -2.30. The Morgan fingerprint density at radius 2 is 2.19 bits per heavy atom. The molecule has 2 rings (SSSR count). The van der Waals surface area contributed by atoms with E-state index in [1.807, 2.05) is 25.1 Å². The number of carbonyl (C=O) groups excluding carboxylic acids is 2. The van der Waals surface area contributed by atoms with Gasteiger partial charge in [-0.1, -0.05) is 6.92 Å². The van der Waals surface area contributed by atoms with Crippen molar-refractivity contribution >= 4 is 23.2 Å². The van der Waals surface area contributed by atoms with Crippen molar-refractivity contribution in [3.8, 4) is 5.75 Å². The first-order valence-electron chi connectivity index (χ1n) is 7.03. The maximum absolute atomic E-state index is 12.0. The van der Waals surface area contributed by atoms with Gasteiger partial charge in [0.05, 0.1) is 5.69 Å². The first-order valence-corrected chi connectivity index (χ1v) is 7.03. The molecular formula is C15H21N3O3. The largest absolute Gasteiger partial charge is 0.481 e. The molecule has 1 N–H and O–H groups in total. The Hall–Kier alpha value is -2.08. The third-order valence-corrected chi connectivity index (χ3v) is 3.28. The monoisotopic (exact) mass is 291 g/mol. The third kappa shape index (κ3) is 3.72. The van der Waals surface area contributed by atoms with Crippen LogP contribution in [-0.2, 0) is 9.59 Å². The average molecular weight is 291 g/mol. The molecule has 2 amide bonds. The zero-order valence-electron chi connectivity index (χ0n) is 12.7. The van der Waals surface area contributed by atoms with E-state index in [-0.39, 0.29) is 18.4 Å². The molecule has 1 aromatic rings. The number of benzene rings is 1. The van der Waals surface area contributed by atoms with Gasteiger partial charge in [0.1, 0.15) is 5.75 Å². The number of rotatable bonds is 5. The molecule has 0 unspecified atom stereocenters. The number of ether oxygens (including phenoxy) is 1. The van der Waals surface area contributed by atoms with Gasteiger partial charge in [-0.2, -0.15) is 0 Å². The Morgan fingerprint density at radius 1 is 1.43 bits per heavy atom. The number of nitrogens with one attached hydrogen (secondary N) is 1. The summed E-state index contributed by atoms with van der Waals surface area (Å²) in [5.74, 6) is 0.531. The summed E-state index contributed by atoms with van der Waals surface area (Å²) in [6.07, 6.45) is 0.422. The van der Waals surface area contributed by atoms with Crippen molar-refractivity contribution in [2.75, 3.05) is 44.0 Å². The topological polar surface area (TPSA) is 61.9 Å². The molecule has 1 heterocycles. The molecule has 6 nitrogen and oxygen atoms in total. The summed E-state index contributed by atoms with van der Waals surface area (Å²) in [5.41, 5.74) is 1.44. The van der Waals surface area contributed by atoms with Crippen LogP contribution in [0.1, 0.15) is 13.3 Å².